The van der Waals surface area contributed by atoms with Crippen molar-refractivity contribution < 1.29 is 0 Å². The van der Waals surface area contributed by atoms with Crippen molar-refractivity contribution in [3.8, 4) is 0 Å². The van der Waals surface area contributed by atoms with Gasteiger partial charge in [0.1, 0.15) is 0 Å². The SMILES string of the molecule is CCc1ccc2cc3ccccc3cc2c1.c1ccc2ccccc2c1. The van der Waals surface area contributed by atoms with E-state index in [1.165, 1.54) is 37.9 Å². The second-order valence-corrected chi connectivity index (χ2v) is 6.58. The Morgan fingerprint density at radius 2 is 0.846 bits per heavy atom. The Morgan fingerprint density at radius 1 is 0.423 bits per heavy atom. The van der Waals surface area contributed by atoms with Crippen LogP contribution in [-0.4, -0.2) is 0 Å². The lowest BCUT2D eigenvalue weighted by Gasteiger charge is -2.04. The molecule has 0 amide bonds. The summed E-state index contributed by atoms with van der Waals surface area (Å²) in [6.45, 7) is 2.20. The van der Waals surface area contributed by atoms with E-state index in [1.54, 1.807) is 0 Å². The molecule has 26 heavy (non-hydrogen) atoms. The summed E-state index contributed by atoms with van der Waals surface area (Å²) in [4.78, 5) is 0. The number of hydrogen-bond acceptors (Lipinski definition) is 0. The summed E-state index contributed by atoms with van der Waals surface area (Å²) >= 11 is 0. The molecule has 0 aromatic heterocycles. The fourth-order valence-corrected chi connectivity index (χ4v) is 3.34. The zero-order chi connectivity index (χ0) is 17.8. The van der Waals surface area contributed by atoms with Crippen LogP contribution < -0.4 is 0 Å². The molecular weight excluding hydrogens is 312 g/mol. The lowest BCUT2D eigenvalue weighted by molar-refractivity contribution is 1.15. The Hall–Kier alpha value is -3.12. The minimum absolute atomic E-state index is 1.10. The van der Waals surface area contributed by atoms with E-state index in [0.717, 1.165) is 6.42 Å². The third-order valence-corrected chi connectivity index (χ3v) is 4.84. The average molecular weight is 334 g/mol. The molecule has 0 aliphatic carbocycles. The van der Waals surface area contributed by atoms with Gasteiger partial charge in [-0.05, 0) is 56.4 Å². The maximum absolute atomic E-state index is 2.29. The van der Waals surface area contributed by atoms with E-state index in [9.17, 15) is 0 Å². The second-order valence-electron chi connectivity index (χ2n) is 6.58. The monoisotopic (exact) mass is 334 g/mol. The van der Waals surface area contributed by atoms with E-state index in [0.29, 0.717) is 0 Å². The van der Waals surface area contributed by atoms with Crippen LogP contribution in [0.15, 0.2) is 103 Å². The summed E-state index contributed by atoms with van der Waals surface area (Å²) in [6.07, 6.45) is 1.10. The highest BCUT2D eigenvalue weighted by molar-refractivity contribution is 5.98. The van der Waals surface area contributed by atoms with Gasteiger partial charge in [0, 0.05) is 0 Å². The Balaban J connectivity index is 0.000000144. The van der Waals surface area contributed by atoms with Gasteiger partial charge in [-0.25, -0.2) is 0 Å². The van der Waals surface area contributed by atoms with Gasteiger partial charge in [-0.1, -0.05) is 97.9 Å². The first-order valence-corrected chi connectivity index (χ1v) is 9.19. The third-order valence-electron chi connectivity index (χ3n) is 4.84. The van der Waals surface area contributed by atoms with Crippen molar-refractivity contribution in [2.45, 2.75) is 13.3 Å². The first-order chi connectivity index (χ1) is 12.8. The van der Waals surface area contributed by atoms with Crippen LogP contribution >= 0.6 is 0 Å². The highest BCUT2D eigenvalue weighted by Gasteiger charge is 1.98. The fourth-order valence-electron chi connectivity index (χ4n) is 3.34. The van der Waals surface area contributed by atoms with Crippen LogP contribution in [0.1, 0.15) is 12.5 Å². The van der Waals surface area contributed by atoms with Crippen LogP contribution in [0.3, 0.4) is 0 Å². The first-order valence-electron chi connectivity index (χ1n) is 9.19. The largest absolute Gasteiger partial charge is 0.0616 e. The van der Waals surface area contributed by atoms with E-state index in [4.69, 9.17) is 0 Å². The molecule has 5 rings (SSSR count). The third kappa shape index (κ3) is 3.45. The minimum atomic E-state index is 1.10. The van der Waals surface area contributed by atoms with Crippen molar-refractivity contribution in [2.75, 3.05) is 0 Å². The van der Waals surface area contributed by atoms with Gasteiger partial charge in [-0.15, -0.1) is 0 Å². The molecule has 0 aliphatic heterocycles. The molecule has 5 aromatic rings. The van der Waals surface area contributed by atoms with E-state index >= 15 is 0 Å². The van der Waals surface area contributed by atoms with Crippen LogP contribution in [0.5, 0.6) is 0 Å². The number of fused-ring (bicyclic) bond motifs is 3. The van der Waals surface area contributed by atoms with Gasteiger partial charge in [-0.3, -0.25) is 0 Å². The molecular formula is C26H22. The van der Waals surface area contributed by atoms with Gasteiger partial charge in [-0.2, -0.15) is 0 Å². The molecule has 126 valence electrons. The molecule has 0 heteroatoms. The van der Waals surface area contributed by atoms with Crippen LogP contribution in [0.2, 0.25) is 0 Å². The van der Waals surface area contributed by atoms with Crippen molar-refractivity contribution in [2.24, 2.45) is 0 Å². The lowest BCUT2D eigenvalue weighted by Crippen LogP contribution is -1.81. The molecule has 0 bridgehead atoms. The summed E-state index contributed by atoms with van der Waals surface area (Å²) in [6, 6.07) is 36.5. The van der Waals surface area contributed by atoms with Crippen molar-refractivity contribution in [3.05, 3.63) is 109 Å². The molecule has 0 radical (unpaired) electrons. The van der Waals surface area contributed by atoms with E-state index in [-0.39, 0.29) is 0 Å². The second kappa shape index (κ2) is 7.41. The van der Waals surface area contributed by atoms with Crippen molar-refractivity contribution in [3.63, 3.8) is 0 Å². The highest BCUT2D eigenvalue weighted by Crippen LogP contribution is 2.23. The van der Waals surface area contributed by atoms with Crippen LogP contribution in [0.25, 0.3) is 32.3 Å². The topological polar surface area (TPSA) is 0 Å². The zero-order valence-electron chi connectivity index (χ0n) is 15.0. The van der Waals surface area contributed by atoms with Crippen LogP contribution in [-0.2, 0) is 6.42 Å². The van der Waals surface area contributed by atoms with Gasteiger partial charge < -0.3 is 0 Å². The number of rotatable bonds is 1. The van der Waals surface area contributed by atoms with Gasteiger partial charge in [0.15, 0.2) is 0 Å². The molecule has 0 atom stereocenters. The molecule has 0 N–H and O–H groups in total. The molecule has 0 saturated heterocycles. The van der Waals surface area contributed by atoms with Gasteiger partial charge >= 0.3 is 0 Å². The molecule has 5 aromatic carbocycles. The Morgan fingerprint density at radius 3 is 1.35 bits per heavy atom. The maximum atomic E-state index is 2.29. The quantitative estimate of drug-likeness (QED) is 0.280. The highest BCUT2D eigenvalue weighted by atomic mass is 14.0. The molecule has 0 nitrogen and oxygen atoms in total. The Bertz CT molecular complexity index is 1100. The summed E-state index contributed by atoms with van der Waals surface area (Å²) in [5.41, 5.74) is 1.41. The standard InChI is InChI=1S/C16H14.C10H8/c1-2-12-7-8-15-10-13-5-3-4-6-14(13)11-16(15)9-12;1-2-6-10-8-4-3-7-9(10)5-1/h3-11H,2H2,1H3;1-8H. The van der Waals surface area contributed by atoms with Gasteiger partial charge in [0.25, 0.3) is 0 Å². The van der Waals surface area contributed by atoms with Crippen molar-refractivity contribution in [1.82, 2.24) is 0 Å². The number of aryl methyl sites for hydroxylation is 1. The van der Waals surface area contributed by atoms with E-state index in [1.807, 2.05) is 0 Å². The zero-order valence-corrected chi connectivity index (χ0v) is 15.0. The Labute approximate surface area is 154 Å². The van der Waals surface area contributed by atoms with Crippen LogP contribution in [0, 0.1) is 0 Å². The fraction of sp³-hybridized carbons (Fsp3) is 0.0769. The minimum Gasteiger partial charge on any atom is -0.0616 e. The summed E-state index contributed by atoms with van der Waals surface area (Å²) in [5.74, 6) is 0. The summed E-state index contributed by atoms with van der Waals surface area (Å²) in [7, 11) is 0. The molecule has 0 unspecified atom stereocenters. The first kappa shape index (κ1) is 16.4. The Kier molecular flexibility index (Phi) is 4.66. The van der Waals surface area contributed by atoms with Crippen molar-refractivity contribution >= 4 is 32.3 Å². The smallest absolute Gasteiger partial charge is 0.0175 e. The van der Waals surface area contributed by atoms with E-state index < -0.39 is 0 Å². The predicted octanol–water partition coefficient (Wildman–Crippen LogP) is 7.40. The number of hydrogen-bond donors (Lipinski definition) is 0. The van der Waals surface area contributed by atoms with Gasteiger partial charge in [0.05, 0.1) is 0 Å². The predicted molar refractivity (Wildman–Crippen MR) is 115 cm³/mol. The molecule has 0 aliphatic rings. The van der Waals surface area contributed by atoms with Crippen molar-refractivity contribution in [1.29, 1.82) is 0 Å². The number of benzene rings is 5. The molecule has 0 saturated carbocycles. The maximum Gasteiger partial charge on any atom is -0.0175 e. The van der Waals surface area contributed by atoms with Crippen LogP contribution in [0.4, 0.5) is 0 Å². The summed E-state index contributed by atoms with van der Waals surface area (Å²) in [5, 5.41) is 7.94. The normalized spacial score (nSPS) is 10.7. The summed E-state index contributed by atoms with van der Waals surface area (Å²) < 4.78 is 0. The van der Waals surface area contributed by atoms with E-state index in [2.05, 4.69) is 110 Å². The molecule has 0 heterocycles. The molecule has 0 fully saturated rings. The lowest BCUT2D eigenvalue weighted by atomic mass is 10.0. The average Bonchev–Trinajstić information content (AvgIpc) is 2.72. The van der Waals surface area contributed by atoms with Gasteiger partial charge in [0.2, 0.25) is 0 Å². The molecule has 0 spiro atoms.